The van der Waals surface area contributed by atoms with Crippen LogP contribution < -0.4 is 14.2 Å². The molecule has 0 saturated heterocycles. The van der Waals surface area contributed by atoms with Crippen molar-refractivity contribution in [3.8, 4) is 28.8 Å². The second-order valence-electron chi connectivity index (χ2n) is 7.96. The van der Waals surface area contributed by atoms with Gasteiger partial charge in [-0.15, -0.1) is 10.2 Å². The predicted molar refractivity (Wildman–Crippen MR) is 134 cm³/mol. The molecule has 0 fully saturated rings. The van der Waals surface area contributed by atoms with Gasteiger partial charge < -0.3 is 19.0 Å². The number of aliphatic hydroxyl groups is 1. The van der Waals surface area contributed by atoms with Gasteiger partial charge in [-0.2, -0.15) is 0 Å². The first-order chi connectivity index (χ1) is 17.0. The minimum absolute atomic E-state index is 0.0595. The first kappa shape index (κ1) is 25.6. The second-order valence-corrected chi connectivity index (χ2v) is 10.6. The smallest absolute Gasteiger partial charge is 0.243 e. The number of aromatic nitrogens is 5. The molecule has 1 aromatic carbocycles. The Kier molecular flexibility index (Phi) is 7.02. The van der Waals surface area contributed by atoms with Crippen molar-refractivity contribution in [2.75, 3.05) is 24.7 Å². The maximum Gasteiger partial charge on any atom is 0.243 e. The third kappa shape index (κ3) is 5.20. The maximum absolute atomic E-state index is 13.2. The van der Waals surface area contributed by atoms with Crippen LogP contribution in [0.15, 0.2) is 51.6 Å². The first-order valence-electron chi connectivity index (χ1n) is 10.5. The molecule has 190 valence electrons. The number of benzene rings is 1. The minimum atomic E-state index is -4.21. The van der Waals surface area contributed by atoms with E-state index in [0.29, 0.717) is 33.2 Å². The molecule has 1 atom stereocenters. The highest BCUT2D eigenvalue weighted by Crippen LogP contribution is 2.38. The number of rotatable bonds is 9. The van der Waals surface area contributed by atoms with Crippen LogP contribution in [0.25, 0.3) is 17.3 Å². The van der Waals surface area contributed by atoms with Crippen molar-refractivity contribution in [1.29, 1.82) is 0 Å². The summed E-state index contributed by atoms with van der Waals surface area (Å²) in [6, 6.07) is 8.52. The van der Waals surface area contributed by atoms with Gasteiger partial charge in [-0.3, -0.25) is 9.29 Å². The number of ether oxygens (including phenoxy) is 2. The Hall–Kier alpha value is -3.49. The van der Waals surface area contributed by atoms with Crippen LogP contribution >= 0.6 is 15.9 Å². The number of furan rings is 1. The van der Waals surface area contributed by atoms with Gasteiger partial charge in [-0.1, -0.05) is 6.07 Å². The Labute approximate surface area is 215 Å². The van der Waals surface area contributed by atoms with E-state index in [-0.39, 0.29) is 17.6 Å². The van der Waals surface area contributed by atoms with Gasteiger partial charge in [0, 0.05) is 12.4 Å². The predicted octanol–water partition coefficient (Wildman–Crippen LogP) is 3.05. The SMILES string of the molecule is COc1cccc(OC)c1-n1c(NS(=O)(=O)C[C@](C)(O)c2ncc(Br)cn2)nnc1-c1ccc(C)o1. The Balaban J connectivity index is 1.80. The summed E-state index contributed by atoms with van der Waals surface area (Å²) in [4.78, 5) is 8.04. The van der Waals surface area contributed by atoms with Crippen molar-refractivity contribution in [3.63, 3.8) is 0 Å². The average molecular weight is 579 g/mol. The molecule has 0 bridgehead atoms. The van der Waals surface area contributed by atoms with Crippen LogP contribution in [0.3, 0.4) is 0 Å². The largest absolute Gasteiger partial charge is 0.494 e. The molecular formula is C22H23BrN6O6S. The quantitative estimate of drug-likeness (QED) is 0.302. The zero-order valence-electron chi connectivity index (χ0n) is 19.8. The first-order valence-corrected chi connectivity index (χ1v) is 12.9. The lowest BCUT2D eigenvalue weighted by Gasteiger charge is -2.22. The summed E-state index contributed by atoms with van der Waals surface area (Å²) >= 11 is 3.21. The standard InChI is InChI=1S/C22H23BrN6O6S/c1-13-8-9-17(35-13)19-26-27-21(29(19)18-15(33-3)6-5-7-16(18)34-4)28-36(31,32)12-22(2,30)20-24-10-14(23)11-25-20/h5-11,30H,12H2,1-4H3,(H,27,28)/t22-/m0/s1. The van der Waals surface area contributed by atoms with Crippen LogP contribution in [0, 0.1) is 6.92 Å². The van der Waals surface area contributed by atoms with Crippen molar-refractivity contribution in [1.82, 2.24) is 24.7 Å². The molecule has 0 aliphatic heterocycles. The van der Waals surface area contributed by atoms with Gasteiger partial charge in [0.15, 0.2) is 11.6 Å². The minimum Gasteiger partial charge on any atom is -0.494 e. The number of nitrogens with zero attached hydrogens (tertiary/aromatic N) is 5. The molecule has 0 amide bonds. The average Bonchev–Trinajstić information content (AvgIpc) is 3.43. The van der Waals surface area contributed by atoms with E-state index >= 15 is 0 Å². The molecule has 12 nitrogen and oxygen atoms in total. The Morgan fingerprint density at radius 2 is 1.75 bits per heavy atom. The maximum atomic E-state index is 13.2. The monoisotopic (exact) mass is 578 g/mol. The van der Waals surface area contributed by atoms with Crippen LogP contribution in [0.1, 0.15) is 18.5 Å². The lowest BCUT2D eigenvalue weighted by molar-refractivity contribution is 0.0721. The third-order valence-electron chi connectivity index (χ3n) is 5.07. The van der Waals surface area contributed by atoms with E-state index in [4.69, 9.17) is 13.9 Å². The number of methoxy groups -OCH3 is 2. The summed E-state index contributed by atoms with van der Waals surface area (Å²) in [5.41, 5.74) is -1.56. The zero-order valence-corrected chi connectivity index (χ0v) is 22.2. The molecule has 2 N–H and O–H groups in total. The second kappa shape index (κ2) is 9.87. The van der Waals surface area contributed by atoms with Crippen molar-refractivity contribution in [2.24, 2.45) is 0 Å². The number of hydrogen-bond acceptors (Lipinski definition) is 10. The highest BCUT2D eigenvalue weighted by atomic mass is 79.9. The fourth-order valence-corrected chi connectivity index (χ4v) is 5.08. The van der Waals surface area contributed by atoms with Gasteiger partial charge in [0.05, 0.1) is 18.7 Å². The number of para-hydroxylation sites is 1. The zero-order chi connectivity index (χ0) is 26.1. The molecule has 3 heterocycles. The molecule has 0 aliphatic carbocycles. The van der Waals surface area contributed by atoms with Crippen LogP contribution in [0.4, 0.5) is 5.95 Å². The molecule has 0 aliphatic rings. The molecule has 0 saturated carbocycles. The summed E-state index contributed by atoms with van der Waals surface area (Å²) in [6.07, 6.45) is 2.83. The van der Waals surface area contributed by atoms with Gasteiger partial charge in [-0.05, 0) is 54.0 Å². The van der Waals surface area contributed by atoms with E-state index in [1.165, 1.54) is 38.1 Å². The van der Waals surface area contributed by atoms with Gasteiger partial charge in [0.25, 0.3) is 0 Å². The number of halogens is 1. The summed E-state index contributed by atoms with van der Waals surface area (Å²) < 4.78 is 47.6. The lowest BCUT2D eigenvalue weighted by Crippen LogP contribution is -2.36. The van der Waals surface area contributed by atoms with Crippen molar-refractivity contribution < 1.29 is 27.4 Å². The highest BCUT2D eigenvalue weighted by Gasteiger charge is 2.35. The summed E-state index contributed by atoms with van der Waals surface area (Å²) in [7, 11) is -1.27. The van der Waals surface area contributed by atoms with Gasteiger partial charge in [-0.25, -0.2) is 18.4 Å². The van der Waals surface area contributed by atoms with E-state index in [1.54, 1.807) is 37.3 Å². The van der Waals surface area contributed by atoms with Crippen LogP contribution in [-0.2, 0) is 15.6 Å². The number of sulfonamides is 1. The molecule has 14 heteroatoms. The normalized spacial score (nSPS) is 13.3. The van der Waals surface area contributed by atoms with E-state index in [9.17, 15) is 13.5 Å². The van der Waals surface area contributed by atoms with Crippen LogP contribution in [0.2, 0.25) is 0 Å². The van der Waals surface area contributed by atoms with Gasteiger partial charge >= 0.3 is 0 Å². The number of anilines is 1. The molecular weight excluding hydrogens is 556 g/mol. The fourth-order valence-electron chi connectivity index (χ4n) is 3.53. The van der Waals surface area contributed by atoms with Crippen molar-refractivity contribution in [3.05, 3.63) is 58.8 Å². The number of nitrogens with one attached hydrogen (secondary N) is 1. The van der Waals surface area contributed by atoms with Gasteiger partial charge in [0.1, 0.15) is 34.3 Å². The molecule has 0 radical (unpaired) electrons. The topological polar surface area (TPSA) is 154 Å². The molecule has 36 heavy (non-hydrogen) atoms. The summed E-state index contributed by atoms with van der Waals surface area (Å²) in [5, 5.41) is 19.1. The van der Waals surface area contributed by atoms with E-state index < -0.39 is 21.4 Å². The summed E-state index contributed by atoms with van der Waals surface area (Å²) in [5.74, 6) is 0.917. The lowest BCUT2D eigenvalue weighted by atomic mass is 10.1. The number of hydrogen-bond donors (Lipinski definition) is 2. The molecule has 4 aromatic rings. The fraction of sp³-hybridized carbons (Fsp3) is 0.273. The van der Waals surface area contributed by atoms with E-state index in [2.05, 4.69) is 40.8 Å². The highest BCUT2D eigenvalue weighted by molar-refractivity contribution is 9.10. The Morgan fingerprint density at radius 1 is 1.11 bits per heavy atom. The number of aryl methyl sites for hydroxylation is 1. The molecule has 3 aromatic heterocycles. The van der Waals surface area contributed by atoms with E-state index in [1.807, 2.05) is 0 Å². The Morgan fingerprint density at radius 3 is 2.31 bits per heavy atom. The Bertz CT molecular complexity index is 1460. The molecule has 4 rings (SSSR count). The van der Waals surface area contributed by atoms with Gasteiger partial charge in [0.2, 0.25) is 21.8 Å². The summed E-state index contributed by atoms with van der Waals surface area (Å²) in [6.45, 7) is 3.07. The third-order valence-corrected chi connectivity index (χ3v) is 6.91. The van der Waals surface area contributed by atoms with E-state index in [0.717, 1.165) is 0 Å². The van der Waals surface area contributed by atoms with Crippen molar-refractivity contribution in [2.45, 2.75) is 19.4 Å². The molecule has 0 unspecified atom stereocenters. The van der Waals surface area contributed by atoms with Crippen molar-refractivity contribution >= 4 is 31.9 Å². The molecule has 0 spiro atoms. The van der Waals surface area contributed by atoms with Crippen LogP contribution in [-0.4, -0.2) is 58.2 Å². The van der Waals surface area contributed by atoms with Crippen LogP contribution in [0.5, 0.6) is 11.5 Å².